The number of halogens is 4. The quantitative estimate of drug-likeness (QED) is 0.372. The molecule has 0 fully saturated rings. The van der Waals surface area contributed by atoms with Crippen molar-refractivity contribution >= 4 is 46.6 Å². The molecule has 3 aromatic rings. The molecule has 0 saturated heterocycles. The van der Waals surface area contributed by atoms with Gasteiger partial charge in [0.2, 0.25) is 0 Å². The Hall–Kier alpha value is -3.23. The Morgan fingerprint density at radius 2 is 1.62 bits per heavy atom. The second kappa shape index (κ2) is 9.56. The van der Waals surface area contributed by atoms with Crippen molar-refractivity contribution in [3.63, 3.8) is 0 Å². The molecule has 0 spiro atoms. The molecule has 0 atom stereocenters. The summed E-state index contributed by atoms with van der Waals surface area (Å²) in [5.41, 5.74) is 0.188. The van der Waals surface area contributed by atoms with Gasteiger partial charge in [-0.1, -0.05) is 66.7 Å². The molecule has 1 aliphatic rings. The molecule has 0 aliphatic carbocycles. The van der Waals surface area contributed by atoms with Gasteiger partial charge in [-0.3, -0.25) is 9.59 Å². The molecule has 2 amide bonds. The number of hydrogen-bond donors (Lipinski definition) is 1. The van der Waals surface area contributed by atoms with Gasteiger partial charge < -0.3 is 5.32 Å². The smallest absolute Gasteiger partial charge is 0.350 e. The molecular formula is C25H18ClF3N2O2S. The summed E-state index contributed by atoms with van der Waals surface area (Å²) in [6.45, 7) is 1.95. The Morgan fingerprint density at radius 1 is 0.941 bits per heavy atom. The number of amides is 2. The van der Waals surface area contributed by atoms with E-state index in [0.29, 0.717) is 28.0 Å². The van der Waals surface area contributed by atoms with Gasteiger partial charge in [-0.25, -0.2) is 4.90 Å². The van der Waals surface area contributed by atoms with Crippen molar-refractivity contribution in [2.75, 3.05) is 10.2 Å². The molecule has 9 heteroatoms. The van der Waals surface area contributed by atoms with E-state index in [0.717, 1.165) is 29.5 Å². The number of benzene rings is 3. The fraction of sp³-hybridized carbons (Fsp3) is 0.120. The largest absolute Gasteiger partial charge is 0.416 e. The Morgan fingerprint density at radius 3 is 2.29 bits per heavy atom. The second-order valence-electron chi connectivity index (χ2n) is 7.36. The average molecular weight is 503 g/mol. The van der Waals surface area contributed by atoms with E-state index in [-0.39, 0.29) is 21.3 Å². The summed E-state index contributed by atoms with van der Waals surface area (Å²) >= 11 is 7.22. The van der Waals surface area contributed by atoms with E-state index in [4.69, 9.17) is 11.6 Å². The van der Waals surface area contributed by atoms with Crippen LogP contribution >= 0.6 is 23.4 Å². The summed E-state index contributed by atoms with van der Waals surface area (Å²) in [6.07, 6.45) is -4.00. The third kappa shape index (κ3) is 4.69. The summed E-state index contributed by atoms with van der Waals surface area (Å²) in [7, 11) is 0. The molecule has 34 heavy (non-hydrogen) atoms. The molecule has 0 bridgehead atoms. The van der Waals surface area contributed by atoms with Crippen molar-refractivity contribution in [1.29, 1.82) is 0 Å². The van der Waals surface area contributed by atoms with E-state index in [9.17, 15) is 22.8 Å². The first-order chi connectivity index (χ1) is 16.2. The standard InChI is InChI=1S/C25H18ClF3N2O2S/c1-2-15-8-6-7-11-19(15)30-21-22(34-17-9-4-3-5-10-17)24(33)31(23(21)32)20-14-16(25(27,28)29)12-13-18(20)26/h3-14,30H,2H2,1H3. The molecule has 1 aliphatic heterocycles. The molecular weight excluding hydrogens is 485 g/mol. The van der Waals surface area contributed by atoms with Crippen molar-refractivity contribution in [2.24, 2.45) is 0 Å². The van der Waals surface area contributed by atoms with Crippen molar-refractivity contribution in [3.05, 3.63) is 99.5 Å². The minimum atomic E-state index is -4.67. The van der Waals surface area contributed by atoms with Crippen LogP contribution < -0.4 is 10.2 Å². The van der Waals surface area contributed by atoms with Gasteiger partial charge in [0, 0.05) is 10.6 Å². The van der Waals surface area contributed by atoms with Crippen LogP contribution in [0.4, 0.5) is 24.5 Å². The first kappa shape index (κ1) is 23.9. The highest BCUT2D eigenvalue weighted by molar-refractivity contribution is 8.04. The van der Waals surface area contributed by atoms with Crippen LogP contribution in [0.15, 0.2) is 88.3 Å². The molecule has 0 aromatic heterocycles. The van der Waals surface area contributed by atoms with E-state index < -0.39 is 23.6 Å². The number of imide groups is 1. The highest BCUT2D eigenvalue weighted by atomic mass is 35.5. The van der Waals surface area contributed by atoms with Crippen LogP contribution in [0.1, 0.15) is 18.1 Å². The number of carbonyl (C=O) groups is 2. The topological polar surface area (TPSA) is 49.4 Å². The number of thioether (sulfide) groups is 1. The van der Waals surface area contributed by atoms with E-state index >= 15 is 0 Å². The van der Waals surface area contributed by atoms with E-state index in [1.54, 1.807) is 36.4 Å². The molecule has 0 saturated carbocycles. The summed E-state index contributed by atoms with van der Waals surface area (Å²) < 4.78 is 40.0. The van der Waals surface area contributed by atoms with Gasteiger partial charge in [0.25, 0.3) is 11.8 Å². The molecule has 0 unspecified atom stereocenters. The van der Waals surface area contributed by atoms with Crippen LogP contribution in [0, 0.1) is 0 Å². The lowest BCUT2D eigenvalue weighted by Gasteiger charge is -2.19. The number of hydrogen-bond acceptors (Lipinski definition) is 4. The monoisotopic (exact) mass is 502 g/mol. The highest BCUT2D eigenvalue weighted by Crippen LogP contribution is 2.42. The molecule has 0 radical (unpaired) electrons. The van der Waals surface area contributed by atoms with E-state index in [1.165, 1.54) is 0 Å². The van der Waals surface area contributed by atoms with E-state index in [1.807, 2.05) is 25.1 Å². The van der Waals surface area contributed by atoms with Crippen molar-refractivity contribution in [2.45, 2.75) is 24.4 Å². The fourth-order valence-electron chi connectivity index (χ4n) is 3.49. The Balaban J connectivity index is 1.81. The second-order valence-corrected chi connectivity index (χ2v) is 8.86. The molecule has 3 aromatic carbocycles. The van der Waals surface area contributed by atoms with Crippen LogP contribution in [0.3, 0.4) is 0 Å². The zero-order valence-electron chi connectivity index (χ0n) is 17.8. The molecule has 174 valence electrons. The number of anilines is 2. The number of alkyl halides is 3. The predicted octanol–water partition coefficient (Wildman–Crippen LogP) is 6.91. The SMILES string of the molecule is CCc1ccccc1NC1=C(Sc2ccccc2)C(=O)N(c2cc(C(F)(F)F)ccc2Cl)C1=O. The molecule has 1 heterocycles. The number of para-hydroxylation sites is 1. The van der Waals surface area contributed by atoms with Crippen LogP contribution in [0.2, 0.25) is 5.02 Å². The predicted molar refractivity (Wildman–Crippen MR) is 128 cm³/mol. The maximum absolute atomic E-state index is 13.5. The number of carbonyl (C=O) groups excluding carboxylic acids is 2. The van der Waals surface area contributed by atoms with Gasteiger partial charge in [-0.2, -0.15) is 13.2 Å². The average Bonchev–Trinajstić information content (AvgIpc) is 3.03. The van der Waals surface area contributed by atoms with Gasteiger partial charge in [0.15, 0.2) is 0 Å². The zero-order valence-corrected chi connectivity index (χ0v) is 19.4. The first-order valence-corrected chi connectivity index (χ1v) is 11.5. The third-order valence-electron chi connectivity index (χ3n) is 5.18. The van der Waals surface area contributed by atoms with Crippen LogP contribution in [0.5, 0.6) is 0 Å². The normalized spacial score (nSPS) is 14.2. The zero-order chi connectivity index (χ0) is 24.5. The number of nitrogens with zero attached hydrogens (tertiary/aromatic N) is 1. The third-order valence-corrected chi connectivity index (χ3v) is 6.59. The van der Waals surface area contributed by atoms with Gasteiger partial charge in [0.1, 0.15) is 10.6 Å². The Labute approximate surface area is 203 Å². The molecule has 1 N–H and O–H groups in total. The summed E-state index contributed by atoms with van der Waals surface area (Å²) in [4.78, 5) is 28.4. The van der Waals surface area contributed by atoms with E-state index in [2.05, 4.69) is 5.32 Å². The van der Waals surface area contributed by atoms with Crippen LogP contribution in [0.25, 0.3) is 0 Å². The fourth-order valence-corrected chi connectivity index (χ4v) is 4.64. The lowest BCUT2D eigenvalue weighted by atomic mass is 10.1. The van der Waals surface area contributed by atoms with Gasteiger partial charge in [-0.05, 0) is 48.4 Å². The summed E-state index contributed by atoms with van der Waals surface area (Å²) in [5.74, 6) is -1.54. The lowest BCUT2D eigenvalue weighted by Crippen LogP contribution is -2.33. The molecule has 4 rings (SSSR count). The molecule has 4 nitrogen and oxygen atoms in total. The lowest BCUT2D eigenvalue weighted by molar-refractivity contribution is -0.137. The number of rotatable bonds is 6. The van der Waals surface area contributed by atoms with Crippen LogP contribution in [-0.4, -0.2) is 11.8 Å². The number of aryl methyl sites for hydroxylation is 1. The Bertz CT molecular complexity index is 1290. The highest BCUT2D eigenvalue weighted by Gasteiger charge is 2.42. The van der Waals surface area contributed by atoms with Gasteiger partial charge in [-0.15, -0.1) is 0 Å². The van der Waals surface area contributed by atoms with Crippen molar-refractivity contribution in [1.82, 2.24) is 0 Å². The minimum Gasteiger partial charge on any atom is -0.350 e. The summed E-state index contributed by atoms with van der Waals surface area (Å²) in [6, 6.07) is 18.8. The van der Waals surface area contributed by atoms with Gasteiger partial charge in [0.05, 0.1) is 16.3 Å². The first-order valence-electron chi connectivity index (χ1n) is 10.3. The minimum absolute atomic E-state index is 0.0202. The number of nitrogens with one attached hydrogen (secondary N) is 1. The summed E-state index contributed by atoms with van der Waals surface area (Å²) in [5, 5.41) is 2.91. The Kier molecular flexibility index (Phi) is 6.72. The maximum atomic E-state index is 13.5. The van der Waals surface area contributed by atoms with Gasteiger partial charge >= 0.3 is 6.18 Å². The van der Waals surface area contributed by atoms with Crippen molar-refractivity contribution in [3.8, 4) is 0 Å². The van der Waals surface area contributed by atoms with Crippen molar-refractivity contribution < 1.29 is 22.8 Å². The maximum Gasteiger partial charge on any atom is 0.416 e. The van der Waals surface area contributed by atoms with Crippen LogP contribution in [-0.2, 0) is 22.2 Å².